The molecular weight excluding hydrogens is 323 g/mol. The summed E-state index contributed by atoms with van der Waals surface area (Å²) >= 11 is 12.1. The fourth-order valence-corrected chi connectivity index (χ4v) is 2.70. The standard InChI is InChI=1S/C16H12Cl2N2O2/c1-2-22-16(21)10-3-5-13(6-4-10)20-9-11-7-12(17)8-14(18)15(11)19-20/h3-9H,2H2,1H3. The van der Waals surface area contributed by atoms with E-state index in [-0.39, 0.29) is 5.97 Å². The maximum Gasteiger partial charge on any atom is 0.338 e. The van der Waals surface area contributed by atoms with Crippen molar-refractivity contribution in [3.8, 4) is 5.69 Å². The normalized spacial score (nSPS) is 10.9. The van der Waals surface area contributed by atoms with Crippen LogP contribution in [-0.4, -0.2) is 22.4 Å². The van der Waals surface area contributed by atoms with Crippen molar-refractivity contribution in [1.82, 2.24) is 9.78 Å². The molecule has 0 fully saturated rings. The molecule has 0 atom stereocenters. The first-order valence-corrected chi connectivity index (χ1v) is 7.46. The van der Waals surface area contributed by atoms with E-state index in [2.05, 4.69) is 5.10 Å². The molecule has 1 aromatic heterocycles. The lowest BCUT2D eigenvalue weighted by Crippen LogP contribution is -2.04. The van der Waals surface area contributed by atoms with Gasteiger partial charge in [0.2, 0.25) is 0 Å². The highest BCUT2D eigenvalue weighted by Gasteiger charge is 2.09. The quantitative estimate of drug-likeness (QED) is 0.662. The van der Waals surface area contributed by atoms with Crippen molar-refractivity contribution in [2.24, 2.45) is 0 Å². The summed E-state index contributed by atoms with van der Waals surface area (Å²) in [6.07, 6.45) is 1.84. The molecule has 4 nitrogen and oxygen atoms in total. The fraction of sp³-hybridized carbons (Fsp3) is 0.125. The van der Waals surface area contributed by atoms with Crippen molar-refractivity contribution in [1.29, 1.82) is 0 Å². The number of nitrogens with zero attached hydrogens (tertiary/aromatic N) is 2. The molecule has 0 N–H and O–H groups in total. The third-order valence-corrected chi connectivity index (χ3v) is 3.68. The van der Waals surface area contributed by atoms with Crippen LogP contribution in [-0.2, 0) is 4.74 Å². The van der Waals surface area contributed by atoms with Gasteiger partial charge in [0, 0.05) is 16.6 Å². The van der Waals surface area contributed by atoms with Gasteiger partial charge in [0.1, 0.15) is 5.52 Å². The predicted molar refractivity (Wildman–Crippen MR) is 87.0 cm³/mol. The van der Waals surface area contributed by atoms with Gasteiger partial charge in [-0.15, -0.1) is 0 Å². The van der Waals surface area contributed by atoms with Gasteiger partial charge in [0.15, 0.2) is 0 Å². The van der Waals surface area contributed by atoms with Crippen LogP contribution in [0.4, 0.5) is 0 Å². The maximum atomic E-state index is 11.6. The number of aromatic nitrogens is 2. The van der Waals surface area contributed by atoms with Gasteiger partial charge in [0.25, 0.3) is 0 Å². The second-order valence-corrected chi connectivity index (χ2v) is 5.51. The summed E-state index contributed by atoms with van der Waals surface area (Å²) in [5, 5.41) is 6.37. The van der Waals surface area contributed by atoms with E-state index >= 15 is 0 Å². The summed E-state index contributed by atoms with van der Waals surface area (Å²) in [6.45, 7) is 2.13. The number of hydrogen-bond acceptors (Lipinski definition) is 3. The monoisotopic (exact) mass is 334 g/mol. The number of rotatable bonds is 3. The smallest absolute Gasteiger partial charge is 0.338 e. The van der Waals surface area contributed by atoms with Crippen LogP contribution >= 0.6 is 23.2 Å². The van der Waals surface area contributed by atoms with Gasteiger partial charge < -0.3 is 4.74 Å². The van der Waals surface area contributed by atoms with Gasteiger partial charge in [-0.25, -0.2) is 9.48 Å². The largest absolute Gasteiger partial charge is 0.462 e. The molecule has 0 spiro atoms. The summed E-state index contributed by atoms with van der Waals surface area (Å²) in [7, 11) is 0. The fourth-order valence-electron chi connectivity index (χ4n) is 2.16. The van der Waals surface area contributed by atoms with E-state index in [4.69, 9.17) is 27.9 Å². The molecule has 6 heteroatoms. The van der Waals surface area contributed by atoms with Gasteiger partial charge in [-0.3, -0.25) is 0 Å². The minimum atomic E-state index is -0.338. The molecule has 2 aromatic carbocycles. The summed E-state index contributed by atoms with van der Waals surface area (Å²) in [4.78, 5) is 11.6. The first-order valence-electron chi connectivity index (χ1n) is 6.70. The highest BCUT2D eigenvalue weighted by molar-refractivity contribution is 6.38. The molecule has 22 heavy (non-hydrogen) atoms. The third kappa shape index (κ3) is 2.80. The molecule has 3 rings (SSSR count). The Kier molecular flexibility index (Phi) is 4.05. The van der Waals surface area contributed by atoms with E-state index in [0.717, 1.165) is 11.1 Å². The number of esters is 1. The number of ether oxygens (including phenoxy) is 1. The molecule has 0 radical (unpaired) electrons. The summed E-state index contributed by atoms with van der Waals surface area (Å²) in [6, 6.07) is 10.5. The van der Waals surface area contributed by atoms with Gasteiger partial charge >= 0.3 is 5.97 Å². The number of hydrogen-bond donors (Lipinski definition) is 0. The number of carbonyl (C=O) groups is 1. The average molecular weight is 335 g/mol. The SMILES string of the molecule is CCOC(=O)c1ccc(-n2cc3cc(Cl)cc(Cl)c3n2)cc1. The minimum absolute atomic E-state index is 0.338. The zero-order valence-electron chi connectivity index (χ0n) is 11.7. The lowest BCUT2D eigenvalue weighted by atomic mass is 10.2. The van der Waals surface area contributed by atoms with Crippen molar-refractivity contribution in [2.75, 3.05) is 6.61 Å². The van der Waals surface area contributed by atoms with Gasteiger partial charge in [-0.1, -0.05) is 23.2 Å². The molecule has 0 saturated heterocycles. The minimum Gasteiger partial charge on any atom is -0.462 e. The first kappa shape index (κ1) is 14.9. The molecule has 0 unspecified atom stereocenters. The highest BCUT2D eigenvalue weighted by Crippen LogP contribution is 2.27. The molecule has 0 aliphatic rings. The summed E-state index contributed by atoms with van der Waals surface area (Å²) < 4.78 is 6.65. The van der Waals surface area contributed by atoms with Crippen molar-refractivity contribution < 1.29 is 9.53 Å². The van der Waals surface area contributed by atoms with Crippen molar-refractivity contribution >= 4 is 40.1 Å². The van der Waals surface area contributed by atoms with Crippen LogP contribution in [0.3, 0.4) is 0 Å². The van der Waals surface area contributed by atoms with E-state index in [9.17, 15) is 4.79 Å². The van der Waals surface area contributed by atoms with Crippen molar-refractivity contribution in [3.05, 3.63) is 58.2 Å². The summed E-state index contributed by atoms with van der Waals surface area (Å²) in [5.41, 5.74) is 2.00. The summed E-state index contributed by atoms with van der Waals surface area (Å²) in [5.74, 6) is -0.338. The first-order chi connectivity index (χ1) is 10.6. The Balaban J connectivity index is 1.97. The second kappa shape index (κ2) is 5.99. The van der Waals surface area contributed by atoms with Crippen LogP contribution in [0.25, 0.3) is 16.6 Å². The Hall–Kier alpha value is -2.04. The highest BCUT2D eigenvalue weighted by atomic mass is 35.5. The molecule has 0 aliphatic heterocycles. The lowest BCUT2D eigenvalue weighted by Gasteiger charge is -2.04. The molecule has 112 valence electrons. The molecule has 0 bridgehead atoms. The number of benzene rings is 2. The number of halogens is 2. The van der Waals surface area contributed by atoms with Crippen LogP contribution in [0.1, 0.15) is 17.3 Å². The zero-order chi connectivity index (χ0) is 15.7. The van der Waals surface area contributed by atoms with Gasteiger partial charge in [-0.2, -0.15) is 5.10 Å². The molecule has 1 heterocycles. The van der Waals surface area contributed by atoms with E-state index in [0.29, 0.717) is 27.7 Å². The van der Waals surface area contributed by atoms with Gasteiger partial charge in [-0.05, 0) is 43.3 Å². The average Bonchev–Trinajstić information content (AvgIpc) is 2.92. The lowest BCUT2D eigenvalue weighted by molar-refractivity contribution is 0.0526. The van der Waals surface area contributed by atoms with Gasteiger partial charge in [0.05, 0.1) is 22.9 Å². The van der Waals surface area contributed by atoms with E-state index in [1.165, 1.54) is 0 Å². The van der Waals surface area contributed by atoms with E-state index in [1.54, 1.807) is 48.0 Å². The Morgan fingerprint density at radius 3 is 2.64 bits per heavy atom. The Morgan fingerprint density at radius 1 is 1.23 bits per heavy atom. The second-order valence-electron chi connectivity index (χ2n) is 4.67. The molecule has 3 aromatic rings. The van der Waals surface area contributed by atoms with Crippen LogP contribution < -0.4 is 0 Å². The Bertz CT molecular complexity index is 841. The molecular formula is C16H12Cl2N2O2. The Labute approximate surface area is 137 Å². The van der Waals surface area contributed by atoms with Crippen LogP contribution in [0.15, 0.2) is 42.6 Å². The predicted octanol–water partition coefficient (Wildman–Crippen LogP) is 4.51. The zero-order valence-corrected chi connectivity index (χ0v) is 13.2. The molecule has 0 aliphatic carbocycles. The van der Waals surface area contributed by atoms with E-state index in [1.807, 2.05) is 6.20 Å². The maximum absolute atomic E-state index is 11.6. The van der Waals surface area contributed by atoms with Crippen LogP contribution in [0, 0.1) is 0 Å². The van der Waals surface area contributed by atoms with Crippen molar-refractivity contribution in [2.45, 2.75) is 6.92 Å². The molecule has 0 amide bonds. The van der Waals surface area contributed by atoms with Crippen LogP contribution in [0.2, 0.25) is 10.0 Å². The van der Waals surface area contributed by atoms with E-state index < -0.39 is 0 Å². The van der Waals surface area contributed by atoms with Crippen LogP contribution in [0.5, 0.6) is 0 Å². The van der Waals surface area contributed by atoms with Crippen molar-refractivity contribution in [3.63, 3.8) is 0 Å². The molecule has 0 saturated carbocycles. The topological polar surface area (TPSA) is 44.1 Å². The third-order valence-electron chi connectivity index (χ3n) is 3.17. The number of carbonyl (C=O) groups excluding carboxylic acids is 1. The number of fused-ring (bicyclic) bond motifs is 1. The Morgan fingerprint density at radius 2 is 1.95 bits per heavy atom.